The van der Waals surface area contributed by atoms with Gasteiger partial charge in [0.2, 0.25) is 0 Å². The Morgan fingerprint density at radius 1 is 1.15 bits per heavy atom. The van der Waals surface area contributed by atoms with Crippen molar-refractivity contribution in [1.82, 2.24) is 0 Å². The van der Waals surface area contributed by atoms with Crippen LogP contribution in [0.25, 0.3) is 0 Å². The Morgan fingerprint density at radius 3 is 2.27 bits per heavy atom. The fourth-order valence-corrected chi connectivity index (χ4v) is 3.93. The van der Waals surface area contributed by atoms with Gasteiger partial charge in [0.15, 0.2) is 0 Å². The van der Waals surface area contributed by atoms with Gasteiger partial charge in [-0.3, -0.25) is 0 Å². The van der Waals surface area contributed by atoms with Crippen LogP contribution >= 0.6 is 22.6 Å². The molecule has 0 amide bonds. The molecule has 0 aliphatic carbocycles. The lowest BCUT2D eigenvalue weighted by atomic mass is 10.2. The molecule has 2 rings (SSSR count). The fraction of sp³-hybridized carbons (Fsp3) is 0.579. The highest BCUT2D eigenvalue weighted by Gasteiger charge is 2.30. The molecule has 0 radical (unpaired) electrons. The molecule has 1 aromatic carbocycles. The van der Waals surface area contributed by atoms with E-state index in [1.165, 1.54) is 57.5 Å². The van der Waals surface area contributed by atoms with E-state index in [0.717, 1.165) is 23.0 Å². The number of quaternary nitrogens is 1. The van der Waals surface area contributed by atoms with E-state index in [9.17, 15) is 13.0 Å². The number of aliphatic hydroxyl groups is 1. The second kappa shape index (κ2) is 11.9. The van der Waals surface area contributed by atoms with Crippen LogP contribution in [0.1, 0.15) is 37.7 Å². The van der Waals surface area contributed by atoms with E-state index in [2.05, 4.69) is 32.4 Å². The molecule has 0 bridgehead atoms. The molecule has 1 aromatic rings. The van der Waals surface area contributed by atoms with Gasteiger partial charge in [-0.15, -0.1) is 0 Å². The number of likely N-dealkylation sites (tertiary alicyclic amines) is 1. The van der Waals surface area contributed by atoms with E-state index >= 15 is 0 Å². The summed E-state index contributed by atoms with van der Waals surface area (Å²) in [5, 5.41) is 9.09. The Labute approximate surface area is 171 Å². The smallest absolute Gasteiger partial charge is 0.124 e. The first-order valence-electron chi connectivity index (χ1n) is 8.90. The molecular formula is C19H28INO4S. The van der Waals surface area contributed by atoms with Crippen molar-refractivity contribution in [3.8, 4) is 9.85 Å². The monoisotopic (exact) mass is 493 g/mol. The first-order valence-corrected chi connectivity index (χ1v) is 11.4. The third-order valence-electron chi connectivity index (χ3n) is 4.65. The van der Waals surface area contributed by atoms with Crippen LogP contribution in [-0.2, 0) is 10.1 Å². The van der Waals surface area contributed by atoms with Crippen molar-refractivity contribution in [2.45, 2.75) is 43.9 Å². The second-order valence-electron chi connectivity index (χ2n) is 6.66. The summed E-state index contributed by atoms with van der Waals surface area (Å²) in [5.41, 5.74) is 0.928. The largest absolute Gasteiger partial charge is 0.744 e. The topological polar surface area (TPSA) is 77.4 Å². The first-order chi connectivity index (χ1) is 12.3. The number of hydrogen-bond donors (Lipinski definition) is 1. The second-order valence-corrected chi connectivity index (χ2v) is 8.58. The predicted octanol–water partition coefficient (Wildman–Crippen LogP) is 3.05. The molecule has 0 saturated carbocycles. The van der Waals surface area contributed by atoms with Crippen molar-refractivity contribution in [2.24, 2.45) is 0 Å². The maximum Gasteiger partial charge on any atom is 0.124 e. The highest BCUT2D eigenvalue weighted by Crippen LogP contribution is 2.20. The van der Waals surface area contributed by atoms with Gasteiger partial charge in [0.25, 0.3) is 0 Å². The zero-order valence-electron chi connectivity index (χ0n) is 15.3. The molecule has 7 heteroatoms. The third kappa shape index (κ3) is 8.82. The maximum atomic E-state index is 10.4. The average molecular weight is 493 g/mol. The number of unbranched alkanes of at least 4 members (excludes halogenated alkanes) is 2. The van der Waals surface area contributed by atoms with E-state index in [-0.39, 0.29) is 4.90 Å². The van der Waals surface area contributed by atoms with Crippen LogP contribution in [0.3, 0.4) is 0 Å². The minimum atomic E-state index is -4.27. The van der Waals surface area contributed by atoms with Gasteiger partial charge in [0, 0.05) is 41.9 Å². The third-order valence-corrected chi connectivity index (χ3v) is 5.88. The van der Waals surface area contributed by atoms with E-state index in [1.807, 2.05) is 6.92 Å². The Morgan fingerprint density at radius 2 is 1.77 bits per heavy atom. The van der Waals surface area contributed by atoms with Crippen molar-refractivity contribution in [1.29, 1.82) is 0 Å². The zero-order valence-corrected chi connectivity index (χ0v) is 18.3. The molecule has 1 heterocycles. The predicted molar refractivity (Wildman–Crippen MR) is 111 cm³/mol. The summed E-state index contributed by atoms with van der Waals surface area (Å²) in [6.07, 6.45) is 6.18. The van der Waals surface area contributed by atoms with Gasteiger partial charge in [-0.05, 0) is 35.8 Å². The van der Waals surface area contributed by atoms with Crippen LogP contribution in [0.4, 0.5) is 0 Å². The lowest BCUT2D eigenvalue weighted by molar-refractivity contribution is -0.917. The lowest BCUT2D eigenvalue weighted by Gasteiger charge is -2.33. The molecule has 1 aliphatic rings. The van der Waals surface area contributed by atoms with Crippen molar-refractivity contribution in [2.75, 3.05) is 32.8 Å². The molecule has 1 fully saturated rings. The number of rotatable bonds is 7. The number of aryl methyl sites for hydroxylation is 1. The summed E-state index contributed by atoms with van der Waals surface area (Å²) in [4.78, 5) is -0.178. The molecule has 1 N–H and O–H groups in total. The van der Waals surface area contributed by atoms with Gasteiger partial charge in [0.1, 0.15) is 16.7 Å². The van der Waals surface area contributed by atoms with Gasteiger partial charge < -0.3 is 14.1 Å². The van der Waals surface area contributed by atoms with Crippen LogP contribution in [0, 0.1) is 16.8 Å². The molecule has 1 aliphatic heterocycles. The summed E-state index contributed by atoms with van der Waals surface area (Å²) in [7, 11) is -4.27. The van der Waals surface area contributed by atoms with E-state index in [0.29, 0.717) is 6.61 Å². The van der Waals surface area contributed by atoms with Gasteiger partial charge in [-0.2, -0.15) is 0 Å². The highest BCUT2D eigenvalue weighted by molar-refractivity contribution is 14.1. The number of hydrogen-bond acceptors (Lipinski definition) is 4. The number of nitrogens with zero attached hydrogens (tertiary/aromatic N) is 1. The van der Waals surface area contributed by atoms with Crippen LogP contribution in [-0.4, -0.2) is 55.3 Å². The van der Waals surface area contributed by atoms with Crippen molar-refractivity contribution in [3.05, 3.63) is 29.8 Å². The minimum absolute atomic E-state index is 0.178. The molecule has 26 heavy (non-hydrogen) atoms. The van der Waals surface area contributed by atoms with E-state index in [1.54, 1.807) is 12.1 Å². The highest BCUT2D eigenvalue weighted by atomic mass is 127. The SMILES string of the molecule is Cc1ccc(S(=O)(=O)[O-])cc1.OCC[N+]1(CCCCC#CI)CCCC1. The summed E-state index contributed by atoms with van der Waals surface area (Å²) in [6.45, 7) is 6.91. The molecule has 0 unspecified atom stereocenters. The van der Waals surface area contributed by atoms with Gasteiger partial charge >= 0.3 is 0 Å². The van der Waals surface area contributed by atoms with Crippen molar-refractivity contribution >= 4 is 32.7 Å². The molecule has 0 aromatic heterocycles. The van der Waals surface area contributed by atoms with Gasteiger partial charge in [-0.1, -0.05) is 23.6 Å². The average Bonchev–Trinajstić information content (AvgIpc) is 3.04. The Kier molecular flexibility index (Phi) is 10.7. The molecule has 146 valence electrons. The summed E-state index contributed by atoms with van der Waals surface area (Å²) in [6, 6.07) is 5.78. The molecule has 5 nitrogen and oxygen atoms in total. The van der Waals surface area contributed by atoms with Crippen LogP contribution in [0.5, 0.6) is 0 Å². The van der Waals surface area contributed by atoms with Crippen LogP contribution < -0.4 is 0 Å². The summed E-state index contributed by atoms with van der Waals surface area (Å²) in [5.74, 6) is 3.10. The Balaban J connectivity index is 0.000000273. The van der Waals surface area contributed by atoms with Crippen LogP contribution in [0.2, 0.25) is 0 Å². The standard InChI is InChI=1S/C12H21INO.C7H8O3S/c13-7-3-1-2-4-8-14(11-12-15)9-5-6-10-14;1-6-2-4-7(5-3-6)11(8,9)10/h15H,1-2,4-6,8-12H2;2-5H,1H3,(H,8,9,10)/q+1;/p-1. The van der Waals surface area contributed by atoms with E-state index < -0.39 is 10.1 Å². The fourth-order valence-electron chi connectivity index (χ4n) is 3.19. The van der Waals surface area contributed by atoms with Crippen LogP contribution in [0.15, 0.2) is 29.2 Å². The molecular weight excluding hydrogens is 465 g/mol. The number of aliphatic hydroxyl groups excluding tert-OH is 1. The van der Waals surface area contributed by atoms with Gasteiger partial charge in [0.05, 0.1) is 31.1 Å². The quantitative estimate of drug-likeness (QED) is 0.208. The zero-order chi connectivity index (χ0) is 19.5. The van der Waals surface area contributed by atoms with E-state index in [4.69, 9.17) is 5.11 Å². The molecule has 0 atom stereocenters. The normalized spacial score (nSPS) is 15.5. The summed E-state index contributed by atoms with van der Waals surface area (Å²) < 4.78 is 35.2. The first kappa shape index (κ1) is 23.4. The minimum Gasteiger partial charge on any atom is -0.744 e. The van der Waals surface area contributed by atoms with Crippen molar-refractivity contribution in [3.63, 3.8) is 0 Å². The Hall–Kier alpha value is -0.660. The maximum absolute atomic E-state index is 10.4. The van der Waals surface area contributed by atoms with Gasteiger partial charge in [-0.25, -0.2) is 8.42 Å². The number of halogens is 1. The number of benzene rings is 1. The molecule has 1 saturated heterocycles. The lowest BCUT2D eigenvalue weighted by Crippen LogP contribution is -2.47. The van der Waals surface area contributed by atoms with Crippen molar-refractivity contribution < 1.29 is 22.6 Å². The Bertz CT molecular complexity index is 686. The summed E-state index contributed by atoms with van der Waals surface area (Å²) >= 11 is 2.10. The molecule has 0 spiro atoms.